The second-order valence-corrected chi connectivity index (χ2v) is 7.52. The van der Waals surface area contributed by atoms with E-state index in [1.165, 1.54) is 0 Å². The average Bonchev–Trinajstić information content (AvgIpc) is 3.10. The molecule has 1 aromatic rings. The number of rotatable bonds is 9. The number of nitrogens with zero attached hydrogens (tertiary/aromatic N) is 1. The standard InChI is InChI=1S/C21H32N2O4/c1-15(2)12-20(24)23-13-18(16-6-8-17(27-4)9-7-16)19(14-23)21(25)22-10-5-11-26-3/h6-9,15,18-19H,5,10-14H2,1-4H3,(H,22,25). The van der Waals surface area contributed by atoms with Crippen LogP contribution < -0.4 is 10.1 Å². The highest BCUT2D eigenvalue weighted by Gasteiger charge is 2.40. The van der Waals surface area contributed by atoms with E-state index in [1.54, 1.807) is 14.2 Å². The number of methoxy groups -OCH3 is 2. The number of ether oxygens (including phenoxy) is 2. The molecule has 1 saturated heterocycles. The number of amides is 2. The molecule has 6 heteroatoms. The van der Waals surface area contributed by atoms with Crippen molar-refractivity contribution in [1.82, 2.24) is 10.2 Å². The fourth-order valence-electron chi connectivity index (χ4n) is 3.50. The summed E-state index contributed by atoms with van der Waals surface area (Å²) in [6, 6.07) is 7.79. The van der Waals surface area contributed by atoms with Crippen LogP contribution in [0.4, 0.5) is 0 Å². The fraction of sp³-hybridized carbons (Fsp3) is 0.619. The molecule has 2 amide bonds. The summed E-state index contributed by atoms with van der Waals surface area (Å²) in [6.45, 7) is 6.32. The number of carbonyl (C=O) groups is 2. The lowest BCUT2D eigenvalue weighted by molar-refractivity contribution is -0.131. The summed E-state index contributed by atoms with van der Waals surface area (Å²) in [5.74, 6) is 0.973. The molecule has 1 fully saturated rings. The zero-order chi connectivity index (χ0) is 19.8. The Morgan fingerprint density at radius 1 is 1.19 bits per heavy atom. The van der Waals surface area contributed by atoms with Gasteiger partial charge >= 0.3 is 0 Å². The van der Waals surface area contributed by atoms with Crippen molar-refractivity contribution in [1.29, 1.82) is 0 Å². The maximum absolute atomic E-state index is 12.8. The number of hydrogen-bond acceptors (Lipinski definition) is 4. The summed E-state index contributed by atoms with van der Waals surface area (Å²) in [5, 5.41) is 3.00. The monoisotopic (exact) mass is 376 g/mol. The second kappa shape index (κ2) is 10.3. The summed E-state index contributed by atoms with van der Waals surface area (Å²) in [5.41, 5.74) is 1.06. The number of benzene rings is 1. The summed E-state index contributed by atoms with van der Waals surface area (Å²) >= 11 is 0. The third-order valence-corrected chi connectivity index (χ3v) is 4.96. The van der Waals surface area contributed by atoms with Crippen LogP contribution in [0.5, 0.6) is 5.75 Å². The van der Waals surface area contributed by atoms with Gasteiger partial charge in [-0.05, 0) is 30.0 Å². The largest absolute Gasteiger partial charge is 0.497 e. The Morgan fingerprint density at radius 3 is 2.48 bits per heavy atom. The first-order valence-corrected chi connectivity index (χ1v) is 9.64. The van der Waals surface area contributed by atoms with Gasteiger partial charge in [0.25, 0.3) is 0 Å². The molecule has 2 rings (SSSR count). The number of hydrogen-bond donors (Lipinski definition) is 1. The lowest BCUT2D eigenvalue weighted by Gasteiger charge is -2.18. The topological polar surface area (TPSA) is 67.9 Å². The van der Waals surface area contributed by atoms with Gasteiger partial charge in [-0.1, -0.05) is 26.0 Å². The Morgan fingerprint density at radius 2 is 1.89 bits per heavy atom. The SMILES string of the molecule is COCCCNC(=O)C1CN(C(=O)CC(C)C)CC1c1ccc(OC)cc1. The van der Waals surface area contributed by atoms with E-state index in [-0.39, 0.29) is 23.7 Å². The van der Waals surface area contributed by atoms with Crippen LogP contribution in [0.2, 0.25) is 0 Å². The summed E-state index contributed by atoms with van der Waals surface area (Å²) in [4.78, 5) is 27.2. The van der Waals surface area contributed by atoms with E-state index in [0.717, 1.165) is 17.7 Å². The minimum Gasteiger partial charge on any atom is -0.497 e. The van der Waals surface area contributed by atoms with Crippen LogP contribution in [0, 0.1) is 11.8 Å². The van der Waals surface area contributed by atoms with Gasteiger partial charge in [0.15, 0.2) is 0 Å². The Labute approximate surface area is 162 Å². The maximum atomic E-state index is 12.8. The maximum Gasteiger partial charge on any atom is 0.225 e. The van der Waals surface area contributed by atoms with Crippen molar-refractivity contribution in [2.24, 2.45) is 11.8 Å². The van der Waals surface area contributed by atoms with E-state index in [1.807, 2.05) is 43.0 Å². The highest BCUT2D eigenvalue weighted by Crippen LogP contribution is 2.34. The van der Waals surface area contributed by atoms with E-state index in [9.17, 15) is 9.59 Å². The molecule has 6 nitrogen and oxygen atoms in total. The Hall–Kier alpha value is -2.08. The molecule has 150 valence electrons. The quantitative estimate of drug-likeness (QED) is 0.672. The fourth-order valence-corrected chi connectivity index (χ4v) is 3.50. The summed E-state index contributed by atoms with van der Waals surface area (Å²) < 4.78 is 10.3. The summed E-state index contributed by atoms with van der Waals surface area (Å²) in [7, 11) is 3.28. The average molecular weight is 376 g/mol. The van der Waals surface area contributed by atoms with Gasteiger partial charge in [-0.3, -0.25) is 9.59 Å². The van der Waals surface area contributed by atoms with Crippen molar-refractivity contribution in [3.63, 3.8) is 0 Å². The molecule has 1 aliphatic rings. The molecule has 1 aliphatic heterocycles. The van der Waals surface area contributed by atoms with Crippen molar-refractivity contribution in [2.45, 2.75) is 32.6 Å². The molecule has 0 spiro atoms. The first-order chi connectivity index (χ1) is 13.0. The molecule has 1 N–H and O–H groups in total. The first-order valence-electron chi connectivity index (χ1n) is 9.64. The second-order valence-electron chi connectivity index (χ2n) is 7.52. The van der Waals surface area contributed by atoms with Gasteiger partial charge in [-0.25, -0.2) is 0 Å². The molecule has 0 aromatic heterocycles. The third-order valence-electron chi connectivity index (χ3n) is 4.96. The number of nitrogens with one attached hydrogen (secondary N) is 1. The van der Waals surface area contributed by atoms with Crippen molar-refractivity contribution < 1.29 is 19.1 Å². The first kappa shape index (κ1) is 21.2. The molecule has 0 saturated carbocycles. The highest BCUT2D eigenvalue weighted by molar-refractivity contribution is 5.83. The van der Waals surface area contributed by atoms with E-state index in [0.29, 0.717) is 38.6 Å². The van der Waals surface area contributed by atoms with Gasteiger partial charge in [0.2, 0.25) is 11.8 Å². The van der Waals surface area contributed by atoms with Gasteiger partial charge < -0.3 is 19.7 Å². The van der Waals surface area contributed by atoms with Crippen LogP contribution in [0.3, 0.4) is 0 Å². The van der Waals surface area contributed by atoms with Gasteiger partial charge in [0, 0.05) is 45.7 Å². The molecular formula is C21H32N2O4. The molecule has 0 aliphatic carbocycles. The predicted octanol–water partition coefficient (Wildman–Crippen LogP) is 2.44. The van der Waals surface area contributed by atoms with Crippen LogP contribution >= 0.6 is 0 Å². The number of carbonyl (C=O) groups excluding carboxylic acids is 2. The molecule has 27 heavy (non-hydrogen) atoms. The van der Waals surface area contributed by atoms with Crippen molar-refractivity contribution in [3.8, 4) is 5.75 Å². The molecule has 0 bridgehead atoms. The van der Waals surface area contributed by atoms with Crippen molar-refractivity contribution in [3.05, 3.63) is 29.8 Å². The molecule has 1 aromatic carbocycles. The third kappa shape index (κ3) is 5.96. The lowest BCUT2D eigenvalue weighted by Crippen LogP contribution is -2.36. The summed E-state index contributed by atoms with van der Waals surface area (Å²) in [6.07, 6.45) is 1.29. The minimum atomic E-state index is -0.239. The van der Waals surface area contributed by atoms with Crippen LogP contribution in [-0.2, 0) is 14.3 Å². The van der Waals surface area contributed by atoms with E-state index < -0.39 is 0 Å². The van der Waals surface area contributed by atoms with Crippen molar-refractivity contribution in [2.75, 3.05) is 40.5 Å². The predicted molar refractivity (Wildman–Crippen MR) is 105 cm³/mol. The normalized spacial score (nSPS) is 19.4. The molecule has 2 atom stereocenters. The van der Waals surface area contributed by atoms with Gasteiger partial charge in [0.1, 0.15) is 5.75 Å². The minimum absolute atomic E-state index is 0.00514. The van der Waals surface area contributed by atoms with E-state index in [2.05, 4.69) is 5.32 Å². The van der Waals surface area contributed by atoms with Crippen LogP contribution in [-0.4, -0.2) is 57.2 Å². The smallest absolute Gasteiger partial charge is 0.225 e. The van der Waals surface area contributed by atoms with Gasteiger partial charge in [-0.15, -0.1) is 0 Å². The number of likely N-dealkylation sites (tertiary alicyclic amines) is 1. The van der Waals surface area contributed by atoms with Crippen LogP contribution in [0.1, 0.15) is 38.2 Å². The Balaban J connectivity index is 2.12. The zero-order valence-corrected chi connectivity index (χ0v) is 16.9. The highest BCUT2D eigenvalue weighted by atomic mass is 16.5. The Bertz CT molecular complexity index is 615. The zero-order valence-electron chi connectivity index (χ0n) is 16.9. The molecule has 1 heterocycles. The molecule has 2 unspecified atom stereocenters. The van der Waals surface area contributed by atoms with Gasteiger partial charge in [0.05, 0.1) is 13.0 Å². The van der Waals surface area contributed by atoms with E-state index in [4.69, 9.17) is 9.47 Å². The van der Waals surface area contributed by atoms with E-state index >= 15 is 0 Å². The molecule has 0 radical (unpaired) electrons. The lowest BCUT2D eigenvalue weighted by atomic mass is 9.88. The molecular weight excluding hydrogens is 344 g/mol. The Kier molecular flexibility index (Phi) is 8.10. The van der Waals surface area contributed by atoms with Crippen molar-refractivity contribution >= 4 is 11.8 Å². The van der Waals surface area contributed by atoms with Gasteiger partial charge in [-0.2, -0.15) is 0 Å². The van der Waals surface area contributed by atoms with Crippen LogP contribution in [0.15, 0.2) is 24.3 Å². The van der Waals surface area contributed by atoms with Crippen LogP contribution in [0.25, 0.3) is 0 Å².